The van der Waals surface area contributed by atoms with Crippen molar-refractivity contribution in [2.75, 3.05) is 0 Å². The standard InChI is InChI=1S/C32H19N/c1-2-8-20(9-3-1)25-16-28-26-14-21-10-4-6-12-23(21)18-30(26)33-31-19-24-13-7-5-11-22(24)15-27(31)29(17-25)32(28)33/h1-19H/i1D. The Labute approximate surface area is 191 Å². The van der Waals surface area contributed by atoms with Crippen LogP contribution in [0, 0.1) is 0 Å². The molecule has 0 unspecified atom stereocenters. The van der Waals surface area contributed by atoms with E-state index >= 15 is 0 Å². The largest absolute Gasteiger partial charge is 0.308 e. The predicted octanol–water partition coefficient (Wildman–Crippen LogP) is 8.81. The maximum atomic E-state index is 7.90. The molecule has 0 N–H and O–H groups in total. The summed E-state index contributed by atoms with van der Waals surface area (Å²) in [5, 5.41) is 10.2. The summed E-state index contributed by atoms with van der Waals surface area (Å²) in [7, 11) is 0. The molecule has 0 fully saturated rings. The van der Waals surface area contributed by atoms with Crippen LogP contribution in [0.25, 0.3) is 70.8 Å². The lowest BCUT2D eigenvalue weighted by Crippen LogP contribution is -1.82. The molecule has 0 aliphatic rings. The molecule has 0 aliphatic heterocycles. The van der Waals surface area contributed by atoms with Gasteiger partial charge in [0.2, 0.25) is 0 Å². The van der Waals surface area contributed by atoms with Crippen molar-refractivity contribution in [3.05, 3.63) is 115 Å². The Bertz CT molecular complexity index is 1940. The van der Waals surface area contributed by atoms with Gasteiger partial charge in [-0.15, -0.1) is 0 Å². The van der Waals surface area contributed by atoms with Gasteiger partial charge in [0.05, 0.1) is 17.9 Å². The Hall–Kier alpha value is -4.36. The smallest absolute Gasteiger partial charge is 0.0623 e. The summed E-state index contributed by atoms with van der Waals surface area (Å²) in [4.78, 5) is 0. The van der Waals surface area contributed by atoms with Crippen LogP contribution in [0.15, 0.2) is 115 Å². The highest BCUT2D eigenvalue weighted by molar-refractivity contribution is 6.26. The van der Waals surface area contributed by atoms with Crippen LogP contribution >= 0.6 is 0 Å². The normalized spacial score (nSPS) is 12.7. The van der Waals surface area contributed by atoms with Gasteiger partial charge in [-0.3, -0.25) is 0 Å². The minimum Gasteiger partial charge on any atom is -0.308 e. The van der Waals surface area contributed by atoms with Gasteiger partial charge in [-0.25, -0.2) is 0 Å². The van der Waals surface area contributed by atoms with Crippen molar-refractivity contribution in [1.82, 2.24) is 4.40 Å². The molecule has 0 aliphatic carbocycles. The van der Waals surface area contributed by atoms with Crippen molar-refractivity contribution in [2.24, 2.45) is 0 Å². The Morgan fingerprint density at radius 3 is 1.45 bits per heavy atom. The zero-order valence-corrected chi connectivity index (χ0v) is 17.8. The molecule has 2 aromatic heterocycles. The first kappa shape index (κ1) is 16.3. The van der Waals surface area contributed by atoms with Gasteiger partial charge < -0.3 is 4.40 Å². The number of rotatable bonds is 1. The fourth-order valence-corrected chi connectivity index (χ4v) is 5.66. The van der Waals surface area contributed by atoms with E-state index in [0.29, 0.717) is 6.04 Å². The maximum absolute atomic E-state index is 7.90. The fraction of sp³-hybridized carbons (Fsp3) is 0. The molecule has 0 amide bonds. The molecule has 2 heterocycles. The van der Waals surface area contributed by atoms with Crippen molar-refractivity contribution in [3.63, 3.8) is 0 Å². The SMILES string of the molecule is [2H]c1ccc(-c2cc3c4cc5ccccc5cc4n4c5cc6ccccc6cc5c(c2)c34)cc1. The molecule has 1 heteroatoms. The van der Waals surface area contributed by atoms with Crippen LogP contribution in [-0.2, 0) is 0 Å². The van der Waals surface area contributed by atoms with E-state index in [2.05, 4.69) is 101 Å². The van der Waals surface area contributed by atoms with Gasteiger partial charge in [-0.05, 0) is 69.1 Å². The van der Waals surface area contributed by atoms with E-state index < -0.39 is 0 Å². The van der Waals surface area contributed by atoms with Crippen LogP contribution in [0.2, 0.25) is 0 Å². The topological polar surface area (TPSA) is 4.41 Å². The van der Waals surface area contributed by atoms with Gasteiger partial charge in [-0.1, -0.05) is 78.8 Å². The van der Waals surface area contributed by atoms with E-state index in [1.807, 2.05) is 12.1 Å². The highest BCUT2D eigenvalue weighted by Crippen LogP contribution is 2.43. The molecule has 8 rings (SSSR count). The minimum atomic E-state index is 0.536. The van der Waals surface area contributed by atoms with Crippen molar-refractivity contribution >= 4 is 59.6 Å². The first-order valence-corrected chi connectivity index (χ1v) is 11.4. The van der Waals surface area contributed by atoms with Gasteiger partial charge in [0, 0.05) is 21.5 Å². The highest BCUT2D eigenvalue weighted by atomic mass is 14.9. The summed E-state index contributed by atoms with van der Waals surface area (Å²) in [6, 6.07) is 39.7. The summed E-state index contributed by atoms with van der Waals surface area (Å²) < 4.78 is 10.4. The zero-order chi connectivity index (χ0) is 22.4. The van der Waals surface area contributed by atoms with Crippen molar-refractivity contribution < 1.29 is 1.37 Å². The van der Waals surface area contributed by atoms with E-state index in [1.54, 1.807) is 0 Å². The molecule has 0 spiro atoms. The van der Waals surface area contributed by atoms with Gasteiger partial charge in [0.15, 0.2) is 0 Å². The predicted molar refractivity (Wildman–Crippen MR) is 142 cm³/mol. The lowest BCUT2D eigenvalue weighted by molar-refractivity contribution is 1.38. The minimum absolute atomic E-state index is 0.536. The molecule has 0 radical (unpaired) electrons. The molecule has 0 saturated carbocycles. The third-order valence-electron chi connectivity index (χ3n) is 7.18. The van der Waals surface area contributed by atoms with E-state index in [1.165, 1.54) is 65.2 Å². The summed E-state index contributed by atoms with van der Waals surface area (Å²) in [6.45, 7) is 0. The molecule has 0 atom stereocenters. The van der Waals surface area contributed by atoms with E-state index in [-0.39, 0.29) is 0 Å². The molecule has 152 valence electrons. The van der Waals surface area contributed by atoms with Crippen LogP contribution in [0.5, 0.6) is 0 Å². The summed E-state index contributed by atoms with van der Waals surface area (Å²) in [6.07, 6.45) is 0. The summed E-state index contributed by atoms with van der Waals surface area (Å²) in [5.41, 5.74) is 6.13. The van der Waals surface area contributed by atoms with Crippen molar-refractivity contribution in [2.45, 2.75) is 0 Å². The van der Waals surface area contributed by atoms with Crippen LogP contribution < -0.4 is 0 Å². The third kappa shape index (κ3) is 2.26. The summed E-state index contributed by atoms with van der Waals surface area (Å²) in [5.74, 6) is 0. The monoisotopic (exact) mass is 418 g/mol. The van der Waals surface area contributed by atoms with E-state index in [0.717, 1.165) is 5.56 Å². The third-order valence-corrected chi connectivity index (χ3v) is 7.18. The second-order valence-electron chi connectivity index (χ2n) is 8.98. The van der Waals surface area contributed by atoms with Crippen molar-refractivity contribution in [1.29, 1.82) is 0 Å². The molecule has 0 saturated heterocycles. The Morgan fingerprint density at radius 1 is 0.455 bits per heavy atom. The lowest BCUT2D eigenvalue weighted by atomic mass is 9.98. The first-order valence-electron chi connectivity index (χ1n) is 11.9. The fourth-order valence-electron chi connectivity index (χ4n) is 5.66. The first-order chi connectivity index (χ1) is 16.7. The molecule has 1 nitrogen and oxygen atoms in total. The molecule has 6 aromatic carbocycles. The quantitative estimate of drug-likeness (QED) is 0.251. The lowest BCUT2D eigenvalue weighted by Gasteiger charge is -2.05. The van der Waals surface area contributed by atoms with Gasteiger partial charge in [0.1, 0.15) is 0 Å². The van der Waals surface area contributed by atoms with Crippen LogP contribution in [0.4, 0.5) is 0 Å². The maximum Gasteiger partial charge on any atom is 0.0623 e. The Balaban J connectivity index is 1.63. The number of hydrogen-bond donors (Lipinski definition) is 0. The van der Waals surface area contributed by atoms with Gasteiger partial charge >= 0.3 is 0 Å². The number of benzene rings is 6. The van der Waals surface area contributed by atoms with Crippen LogP contribution in [-0.4, -0.2) is 4.40 Å². The van der Waals surface area contributed by atoms with E-state index in [9.17, 15) is 0 Å². The van der Waals surface area contributed by atoms with E-state index in [4.69, 9.17) is 1.37 Å². The highest BCUT2D eigenvalue weighted by Gasteiger charge is 2.19. The second-order valence-corrected chi connectivity index (χ2v) is 8.98. The second kappa shape index (κ2) is 6.11. The Kier molecular flexibility index (Phi) is 3.02. The average molecular weight is 419 g/mol. The molecular formula is C32H19N. The Morgan fingerprint density at radius 2 is 0.939 bits per heavy atom. The number of nitrogens with zero attached hydrogens (tertiary/aromatic N) is 1. The van der Waals surface area contributed by atoms with Crippen LogP contribution in [0.1, 0.15) is 1.37 Å². The van der Waals surface area contributed by atoms with Gasteiger partial charge in [0.25, 0.3) is 0 Å². The number of aromatic nitrogens is 1. The zero-order valence-electron chi connectivity index (χ0n) is 18.8. The molecule has 33 heavy (non-hydrogen) atoms. The molecule has 0 bridgehead atoms. The van der Waals surface area contributed by atoms with Crippen molar-refractivity contribution in [3.8, 4) is 11.1 Å². The summed E-state index contributed by atoms with van der Waals surface area (Å²) >= 11 is 0. The van der Waals surface area contributed by atoms with Crippen LogP contribution in [0.3, 0.4) is 0 Å². The number of hydrogen-bond acceptors (Lipinski definition) is 0. The molecule has 8 aromatic rings. The average Bonchev–Trinajstić information content (AvgIpc) is 3.36. The van der Waals surface area contributed by atoms with Gasteiger partial charge in [-0.2, -0.15) is 0 Å². The number of fused-ring (bicyclic) bond motifs is 8. The molecular weight excluding hydrogens is 398 g/mol.